The van der Waals surface area contributed by atoms with Gasteiger partial charge in [-0.15, -0.1) is 11.3 Å². The van der Waals surface area contributed by atoms with Gasteiger partial charge in [0, 0.05) is 21.0 Å². The topological polar surface area (TPSA) is 0 Å². The Morgan fingerprint density at radius 1 is 1.29 bits per heavy atom. The number of rotatable bonds is 0. The highest BCUT2D eigenvalue weighted by Gasteiger charge is 2.32. The average molecular weight is 215 g/mol. The van der Waals surface area contributed by atoms with Crippen LogP contribution in [0.4, 0.5) is 13.2 Å². The summed E-state index contributed by atoms with van der Waals surface area (Å²) in [7, 11) is 0. The lowest BCUT2D eigenvalue weighted by Crippen LogP contribution is -2.04. The minimum atomic E-state index is -4.29. The number of thiophene rings is 1. The number of hydrogen-bond donors (Lipinski definition) is 0. The molecule has 0 amide bonds. The molecule has 0 nitrogen and oxygen atoms in total. The van der Waals surface area contributed by atoms with Gasteiger partial charge in [0.25, 0.3) is 0 Å². The summed E-state index contributed by atoms with van der Waals surface area (Å²) in [5, 5.41) is 0.183. The van der Waals surface area contributed by atoms with E-state index in [0.29, 0.717) is 4.70 Å². The summed E-state index contributed by atoms with van der Waals surface area (Å²) in [6.45, 7) is 1.75. The van der Waals surface area contributed by atoms with E-state index in [-0.39, 0.29) is 5.39 Å². The van der Waals surface area contributed by atoms with Crippen LogP contribution in [0.1, 0.15) is 10.4 Å². The van der Waals surface area contributed by atoms with Crippen LogP contribution < -0.4 is 0 Å². The molecular weight excluding hydrogens is 209 g/mol. The molecule has 0 aliphatic carbocycles. The van der Waals surface area contributed by atoms with Crippen molar-refractivity contribution in [2.24, 2.45) is 0 Å². The molecule has 0 unspecified atom stereocenters. The Kier molecular flexibility index (Phi) is 2.03. The van der Waals surface area contributed by atoms with Gasteiger partial charge >= 0.3 is 6.18 Å². The zero-order valence-electron chi connectivity index (χ0n) is 7.27. The lowest BCUT2D eigenvalue weighted by atomic mass is 10.1. The van der Waals surface area contributed by atoms with Crippen LogP contribution in [0.2, 0.25) is 0 Å². The number of halogens is 3. The van der Waals surface area contributed by atoms with Crippen LogP contribution in [0.25, 0.3) is 10.1 Å². The predicted octanol–water partition coefficient (Wildman–Crippen LogP) is 4.03. The Balaban J connectivity index is 2.77. The van der Waals surface area contributed by atoms with Crippen LogP contribution in [-0.2, 0) is 6.18 Å². The molecule has 14 heavy (non-hydrogen) atoms. The lowest BCUT2D eigenvalue weighted by molar-refractivity contribution is -0.136. The summed E-state index contributed by atoms with van der Waals surface area (Å²) in [5.74, 6) is 0. The van der Waals surface area contributed by atoms with Crippen molar-refractivity contribution in [1.82, 2.24) is 0 Å². The maximum atomic E-state index is 12.5. The summed E-state index contributed by atoms with van der Waals surface area (Å²) in [5.41, 5.74) is -0.598. The monoisotopic (exact) mass is 215 g/mol. The Labute approximate surface area is 83.0 Å². The highest BCUT2D eigenvalue weighted by molar-refractivity contribution is 7.18. The van der Waals surface area contributed by atoms with Gasteiger partial charge in [0.1, 0.15) is 0 Å². The van der Waals surface area contributed by atoms with Gasteiger partial charge in [-0.25, -0.2) is 0 Å². The average Bonchev–Trinajstić information content (AvgIpc) is 2.41. The molecule has 0 atom stereocenters. The molecule has 0 saturated carbocycles. The van der Waals surface area contributed by atoms with E-state index in [1.54, 1.807) is 13.0 Å². The minimum Gasteiger partial charge on any atom is -0.166 e. The zero-order chi connectivity index (χ0) is 10.3. The molecule has 0 spiro atoms. The molecule has 1 aromatic carbocycles. The highest BCUT2D eigenvalue weighted by Crippen LogP contribution is 2.37. The number of benzene rings is 1. The van der Waals surface area contributed by atoms with E-state index in [1.165, 1.54) is 17.4 Å². The largest absolute Gasteiger partial charge is 0.417 e. The molecule has 0 aliphatic rings. The maximum absolute atomic E-state index is 12.5. The van der Waals surface area contributed by atoms with E-state index < -0.39 is 11.7 Å². The fourth-order valence-corrected chi connectivity index (χ4v) is 2.24. The van der Waals surface area contributed by atoms with Gasteiger partial charge in [-0.2, -0.15) is 13.2 Å². The molecule has 4 heteroatoms. The molecule has 1 heterocycles. The van der Waals surface area contributed by atoms with Gasteiger partial charge in [0.2, 0.25) is 0 Å². The first-order valence-electron chi connectivity index (χ1n) is 3.97. The van der Waals surface area contributed by atoms with Crippen LogP contribution in [0, 0.1) is 13.0 Å². The maximum Gasteiger partial charge on any atom is 0.417 e. The fraction of sp³-hybridized carbons (Fsp3) is 0.200. The van der Waals surface area contributed by atoms with Crippen LogP contribution in [0.3, 0.4) is 0 Å². The van der Waals surface area contributed by atoms with Crippen molar-refractivity contribution in [2.75, 3.05) is 0 Å². The van der Waals surface area contributed by atoms with Gasteiger partial charge in [0.15, 0.2) is 0 Å². The Morgan fingerprint density at radius 2 is 2.00 bits per heavy atom. The SMILES string of the molecule is Cc1[c]c2c(C(F)(F)F)cccc2s1. The number of aryl methyl sites for hydroxylation is 1. The van der Waals surface area contributed by atoms with Gasteiger partial charge in [-0.1, -0.05) is 6.07 Å². The van der Waals surface area contributed by atoms with E-state index in [4.69, 9.17) is 0 Å². The smallest absolute Gasteiger partial charge is 0.166 e. The molecule has 0 N–H and O–H groups in total. The molecule has 1 radical (unpaired) electrons. The second kappa shape index (κ2) is 2.98. The molecule has 0 fully saturated rings. The van der Waals surface area contributed by atoms with Crippen molar-refractivity contribution >= 4 is 21.4 Å². The summed E-state index contributed by atoms with van der Waals surface area (Å²) < 4.78 is 38.2. The van der Waals surface area contributed by atoms with Crippen molar-refractivity contribution in [3.63, 3.8) is 0 Å². The van der Waals surface area contributed by atoms with Crippen LogP contribution >= 0.6 is 11.3 Å². The predicted molar refractivity (Wildman–Crippen MR) is 50.4 cm³/mol. The van der Waals surface area contributed by atoms with Gasteiger partial charge in [0.05, 0.1) is 5.56 Å². The summed E-state index contributed by atoms with van der Waals surface area (Å²) in [4.78, 5) is 0.775. The molecule has 73 valence electrons. The number of alkyl halides is 3. The van der Waals surface area contributed by atoms with Crippen molar-refractivity contribution in [1.29, 1.82) is 0 Å². The first-order valence-corrected chi connectivity index (χ1v) is 4.79. The van der Waals surface area contributed by atoms with E-state index in [2.05, 4.69) is 6.07 Å². The molecule has 2 aromatic rings. The third-order valence-corrected chi connectivity index (χ3v) is 2.86. The summed E-state index contributed by atoms with van der Waals surface area (Å²) >= 11 is 1.33. The molecule has 0 aliphatic heterocycles. The van der Waals surface area contributed by atoms with E-state index in [0.717, 1.165) is 10.9 Å². The fourth-order valence-electron chi connectivity index (χ4n) is 1.35. The van der Waals surface area contributed by atoms with Crippen LogP contribution in [0.15, 0.2) is 18.2 Å². The second-order valence-corrected chi connectivity index (χ2v) is 4.22. The Hall–Kier alpha value is -1.03. The second-order valence-electron chi connectivity index (χ2n) is 2.96. The van der Waals surface area contributed by atoms with Gasteiger partial charge < -0.3 is 0 Å². The molecular formula is C10H6F3S. The van der Waals surface area contributed by atoms with Crippen molar-refractivity contribution in [3.8, 4) is 0 Å². The van der Waals surface area contributed by atoms with E-state index in [9.17, 15) is 13.2 Å². The first-order chi connectivity index (χ1) is 6.48. The Morgan fingerprint density at radius 3 is 2.64 bits per heavy atom. The van der Waals surface area contributed by atoms with Gasteiger partial charge in [-0.3, -0.25) is 0 Å². The molecule has 2 rings (SSSR count). The minimum absolute atomic E-state index is 0.183. The number of fused-ring (bicyclic) bond motifs is 1. The van der Waals surface area contributed by atoms with E-state index in [1.807, 2.05) is 0 Å². The van der Waals surface area contributed by atoms with Crippen LogP contribution in [0.5, 0.6) is 0 Å². The third kappa shape index (κ3) is 1.50. The molecule has 0 bridgehead atoms. The first kappa shape index (κ1) is 9.52. The van der Waals surface area contributed by atoms with E-state index >= 15 is 0 Å². The highest BCUT2D eigenvalue weighted by atomic mass is 32.1. The quantitative estimate of drug-likeness (QED) is 0.622. The van der Waals surface area contributed by atoms with Gasteiger partial charge in [-0.05, 0) is 19.1 Å². The standard InChI is InChI=1S/C10H6F3S/c1-6-5-7-8(10(11,12)13)3-2-4-9(7)14-6/h2-4H,1H3. The molecule has 0 saturated heterocycles. The zero-order valence-corrected chi connectivity index (χ0v) is 8.09. The van der Waals surface area contributed by atoms with Crippen molar-refractivity contribution < 1.29 is 13.2 Å². The lowest BCUT2D eigenvalue weighted by Gasteiger charge is -2.06. The van der Waals surface area contributed by atoms with Crippen molar-refractivity contribution in [3.05, 3.63) is 34.7 Å². The Bertz CT molecular complexity index is 468. The molecule has 1 aromatic heterocycles. The summed E-state index contributed by atoms with van der Waals surface area (Å²) in [6.07, 6.45) is -4.29. The van der Waals surface area contributed by atoms with Crippen molar-refractivity contribution in [2.45, 2.75) is 13.1 Å². The van der Waals surface area contributed by atoms with Crippen LogP contribution in [-0.4, -0.2) is 0 Å². The third-order valence-electron chi connectivity index (χ3n) is 1.90. The summed E-state index contributed by atoms with van der Waals surface area (Å²) in [6, 6.07) is 6.93. The normalized spacial score (nSPS) is 12.3. The number of hydrogen-bond acceptors (Lipinski definition) is 1.